The van der Waals surface area contributed by atoms with Crippen LogP contribution in [0.25, 0.3) is 6.08 Å². The van der Waals surface area contributed by atoms with Crippen molar-refractivity contribution in [2.75, 3.05) is 13.2 Å². The van der Waals surface area contributed by atoms with Gasteiger partial charge in [0, 0.05) is 10.6 Å². The monoisotopic (exact) mass is 538 g/mol. The number of carbonyl (C=O) groups is 1. The molecule has 0 saturated carbocycles. The van der Waals surface area contributed by atoms with Crippen LogP contribution in [-0.2, 0) is 16.0 Å². The van der Waals surface area contributed by atoms with E-state index in [4.69, 9.17) is 21.1 Å². The van der Waals surface area contributed by atoms with Crippen molar-refractivity contribution in [3.05, 3.63) is 102 Å². The Morgan fingerprint density at radius 2 is 1.97 bits per heavy atom. The summed E-state index contributed by atoms with van der Waals surface area (Å²) in [6.07, 6.45) is 3.86. The zero-order valence-electron chi connectivity index (χ0n) is 20.8. The number of aromatic nitrogens is 1. The highest BCUT2D eigenvalue weighted by molar-refractivity contribution is 7.07. The number of phenolic OH excluding ortho intramolecular Hbond substituents is 1. The molecule has 0 bridgehead atoms. The van der Waals surface area contributed by atoms with E-state index in [1.165, 1.54) is 15.9 Å². The number of ether oxygens (including phenoxy) is 2. The van der Waals surface area contributed by atoms with Crippen molar-refractivity contribution in [3.8, 4) is 11.5 Å². The number of fused-ring (bicyclic) bond motifs is 1. The van der Waals surface area contributed by atoms with Crippen molar-refractivity contribution in [3.63, 3.8) is 0 Å². The molecular weight excluding hydrogens is 512 g/mol. The summed E-state index contributed by atoms with van der Waals surface area (Å²) in [5.74, 6) is -0.134. The number of hydrogen-bond acceptors (Lipinski definition) is 7. The minimum Gasteiger partial charge on any atom is -0.504 e. The van der Waals surface area contributed by atoms with E-state index >= 15 is 0 Å². The lowest BCUT2D eigenvalue weighted by atomic mass is 9.96. The third kappa shape index (κ3) is 5.26. The number of esters is 1. The molecule has 0 saturated heterocycles. The number of benzene rings is 2. The Morgan fingerprint density at radius 3 is 2.62 bits per heavy atom. The summed E-state index contributed by atoms with van der Waals surface area (Å²) < 4.78 is 12.9. The predicted molar refractivity (Wildman–Crippen MR) is 145 cm³/mol. The van der Waals surface area contributed by atoms with Gasteiger partial charge in [0.05, 0.1) is 35.1 Å². The van der Waals surface area contributed by atoms with Gasteiger partial charge in [-0.3, -0.25) is 9.36 Å². The van der Waals surface area contributed by atoms with Crippen LogP contribution in [-0.4, -0.2) is 28.9 Å². The molecule has 1 N–H and O–H groups in total. The van der Waals surface area contributed by atoms with E-state index in [-0.39, 0.29) is 17.9 Å². The number of carbonyl (C=O) groups excluding carboxylic acids is 1. The molecule has 0 aliphatic carbocycles. The van der Waals surface area contributed by atoms with Gasteiger partial charge < -0.3 is 14.6 Å². The zero-order chi connectivity index (χ0) is 26.7. The zero-order valence-corrected chi connectivity index (χ0v) is 22.4. The third-order valence-corrected chi connectivity index (χ3v) is 7.08. The minimum atomic E-state index is -0.718. The number of rotatable bonds is 8. The third-order valence-electron chi connectivity index (χ3n) is 5.84. The Kier molecular flexibility index (Phi) is 8.00. The Balaban J connectivity index is 1.94. The molecule has 7 nitrogen and oxygen atoms in total. The highest BCUT2D eigenvalue weighted by atomic mass is 35.5. The Labute approximate surface area is 223 Å². The molecule has 2 aromatic carbocycles. The Morgan fingerprint density at radius 1 is 1.24 bits per heavy atom. The van der Waals surface area contributed by atoms with Crippen LogP contribution in [0.2, 0.25) is 5.02 Å². The van der Waals surface area contributed by atoms with Crippen LogP contribution in [0.1, 0.15) is 43.5 Å². The number of nitrogens with zero attached hydrogens (tertiary/aromatic N) is 2. The lowest BCUT2D eigenvalue weighted by Crippen LogP contribution is -2.39. The molecule has 2 heterocycles. The van der Waals surface area contributed by atoms with E-state index in [2.05, 4.69) is 11.6 Å². The quantitative estimate of drug-likeness (QED) is 0.341. The van der Waals surface area contributed by atoms with E-state index in [1.807, 2.05) is 6.92 Å². The normalized spacial score (nSPS) is 15.2. The first-order valence-corrected chi connectivity index (χ1v) is 13.0. The van der Waals surface area contributed by atoms with Crippen LogP contribution in [0.5, 0.6) is 11.5 Å². The average molecular weight is 539 g/mol. The van der Waals surface area contributed by atoms with E-state index in [9.17, 15) is 14.7 Å². The van der Waals surface area contributed by atoms with Crippen molar-refractivity contribution >= 4 is 35.0 Å². The van der Waals surface area contributed by atoms with Crippen molar-refractivity contribution in [2.45, 2.75) is 33.2 Å². The molecule has 3 aromatic rings. The fraction of sp³-hybridized carbons (Fsp3) is 0.250. The molecular formula is C28H27ClN2O5S. The number of allylic oxidation sites excluding steroid dienone is 2. The summed E-state index contributed by atoms with van der Waals surface area (Å²) >= 11 is 7.33. The van der Waals surface area contributed by atoms with Gasteiger partial charge in [0.2, 0.25) is 0 Å². The highest BCUT2D eigenvalue weighted by Crippen LogP contribution is 2.33. The summed E-state index contributed by atoms with van der Waals surface area (Å²) in [6.45, 7) is 9.63. The first-order chi connectivity index (χ1) is 17.8. The maximum absolute atomic E-state index is 13.8. The maximum Gasteiger partial charge on any atom is 0.338 e. The van der Waals surface area contributed by atoms with Crippen LogP contribution in [0, 0.1) is 0 Å². The molecule has 1 aliphatic rings. The topological polar surface area (TPSA) is 90.1 Å². The lowest BCUT2D eigenvalue weighted by Gasteiger charge is -2.24. The Bertz CT molecular complexity index is 1570. The van der Waals surface area contributed by atoms with Crippen LogP contribution >= 0.6 is 22.9 Å². The summed E-state index contributed by atoms with van der Waals surface area (Å²) in [7, 11) is 0. The van der Waals surface area contributed by atoms with Gasteiger partial charge in [-0.15, -0.1) is 6.58 Å². The Hall–Kier alpha value is -3.62. The van der Waals surface area contributed by atoms with Crippen LogP contribution in [0.15, 0.2) is 70.1 Å². The summed E-state index contributed by atoms with van der Waals surface area (Å²) in [5, 5.41) is 11.1. The van der Waals surface area contributed by atoms with Gasteiger partial charge in [0.15, 0.2) is 16.3 Å². The first kappa shape index (κ1) is 26.4. The second-order valence-electron chi connectivity index (χ2n) is 8.31. The molecule has 4 rings (SSSR count). The SMILES string of the molecule is C=CCc1cc(/C=c2\sc3n(c2=O)C(c2ccc(Cl)cc2)C(C(=O)OCC)=C(C)N=3)cc(OCC)c1O. The van der Waals surface area contributed by atoms with Gasteiger partial charge in [-0.05, 0) is 68.7 Å². The molecule has 9 heteroatoms. The molecule has 1 aliphatic heterocycles. The molecule has 1 aromatic heterocycles. The molecule has 192 valence electrons. The number of hydrogen-bond donors (Lipinski definition) is 1. The van der Waals surface area contributed by atoms with E-state index in [0.717, 1.165) is 0 Å². The maximum atomic E-state index is 13.8. The van der Waals surface area contributed by atoms with Gasteiger partial charge in [0.1, 0.15) is 0 Å². The minimum absolute atomic E-state index is 0.0535. The van der Waals surface area contributed by atoms with Crippen molar-refractivity contribution < 1.29 is 19.4 Å². The van der Waals surface area contributed by atoms with Gasteiger partial charge in [-0.2, -0.15) is 0 Å². The highest BCUT2D eigenvalue weighted by Gasteiger charge is 2.33. The van der Waals surface area contributed by atoms with Crippen molar-refractivity contribution in [2.24, 2.45) is 4.99 Å². The second kappa shape index (κ2) is 11.2. The first-order valence-electron chi connectivity index (χ1n) is 11.8. The van der Waals surface area contributed by atoms with Gasteiger partial charge in [-0.25, -0.2) is 9.79 Å². The van der Waals surface area contributed by atoms with Crippen LogP contribution in [0.3, 0.4) is 0 Å². The van der Waals surface area contributed by atoms with Crippen molar-refractivity contribution in [1.29, 1.82) is 0 Å². The van der Waals surface area contributed by atoms with E-state index < -0.39 is 12.0 Å². The molecule has 1 atom stereocenters. The molecule has 0 spiro atoms. The van der Waals surface area contributed by atoms with E-state index in [1.54, 1.807) is 62.4 Å². The van der Waals surface area contributed by atoms with Gasteiger partial charge >= 0.3 is 5.97 Å². The standard InChI is InChI=1S/C28H27ClN2O5S/c1-5-8-19-13-17(14-21(25(19)32)35-6-2)15-22-26(33)31-24(18-9-11-20(29)12-10-18)23(27(34)36-7-3)16(4)30-28(31)37-22/h5,9-15,24,32H,1,6-8H2,2-4H3/b22-15-. The average Bonchev–Trinajstić information content (AvgIpc) is 3.16. The van der Waals surface area contributed by atoms with Gasteiger partial charge in [0.25, 0.3) is 5.56 Å². The fourth-order valence-corrected chi connectivity index (χ4v) is 5.43. The number of halogens is 1. The van der Waals surface area contributed by atoms with Crippen LogP contribution < -0.4 is 19.6 Å². The predicted octanol–water partition coefficient (Wildman–Crippen LogP) is 4.28. The molecule has 0 amide bonds. The lowest BCUT2D eigenvalue weighted by molar-refractivity contribution is -0.139. The van der Waals surface area contributed by atoms with E-state index in [0.29, 0.717) is 61.1 Å². The van der Waals surface area contributed by atoms with Crippen LogP contribution in [0.4, 0.5) is 0 Å². The number of aromatic hydroxyl groups is 1. The summed E-state index contributed by atoms with van der Waals surface area (Å²) in [4.78, 5) is 31.8. The molecule has 37 heavy (non-hydrogen) atoms. The second-order valence-corrected chi connectivity index (χ2v) is 9.75. The number of thiazole rings is 1. The smallest absolute Gasteiger partial charge is 0.338 e. The number of phenols is 1. The largest absolute Gasteiger partial charge is 0.504 e. The van der Waals surface area contributed by atoms with Gasteiger partial charge in [-0.1, -0.05) is 41.1 Å². The fourth-order valence-electron chi connectivity index (χ4n) is 4.25. The summed E-state index contributed by atoms with van der Waals surface area (Å²) in [6, 6.07) is 9.79. The summed E-state index contributed by atoms with van der Waals surface area (Å²) in [5.41, 5.74) is 2.54. The molecule has 0 radical (unpaired) electrons. The molecule has 1 unspecified atom stereocenters. The molecule has 0 fully saturated rings. The van der Waals surface area contributed by atoms with Crippen molar-refractivity contribution in [1.82, 2.24) is 4.57 Å².